The Bertz CT molecular complexity index is 767. The highest BCUT2D eigenvalue weighted by atomic mass is 79.9. The summed E-state index contributed by atoms with van der Waals surface area (Å²) >= 11 is 6.12. The van der Waals surface area contributed by atoms with Gasteiger partial charge in [0.25, 0.3) is 10.0 Å². The maximum Gasteiger partial charge on any atom is 0.265 e. The van der Waals surface area contributed by atoms with Crippen molar-refractivity contribution in [1.29, 1.82) is 0 Å². The van der Waals surface area contributed by atoms with Gasteiger partial charge in [0.2, 0.25) is 0 Å². The Labute approximate surface area is 137 Å². The molecule has 1 N–H and O–H groups in total. The summed E-state index contributed by atoms with van der Waals surface area (Å²) in [7, 11) is -4.18. The summed E-state index contributed by atoms with van der Waals surface area (Å²) in [6.45, 7) is 1.79. The molecular weight excluding hydrogens is 432 g/mol. The van der Waals surface area contributed by atoms with Crippen molar-refractivity contribution < 1.29 is 17.2 Å². The van der Waals surface area contributed by atoms with Gasteiger partial charge < -0.3 is 0 Å². The minimum absolute atomic E-state index is 0.181. The van der Waals surface area contributed by atoms with E-state index < -0.39 is 26.6 Å². The summed E-state index contributed by atoms with van der Waals surface area (Å²) in [6.07, 6.45) is 0. The molecule has 0 aliphatic carbocycles. The lowest BCUT2D eigenvalue weighted by atomic mass is 10.2. The highest BCUT2D eigenvalue weighted by molar-refractivity contribution is 9.10. The van der Waals surface area contributed by atoms with Gasteiger partial charge in [-0.3, -0.25) is 4.72 Å². The molecule has 0 unspecified atom stereocenters. The van der Waals surface area contributed by atoms with Crippen molar-refractivity contribution in [2.45, 2.75) is 11.8 Å². The number of benzene rings is 2. The second-order valence-corrected chi connectivity index (χ2v) is 7.71. The van der Waals surface area contributed by atoms with Crippen LogP contribution < -0.4 is 4.72 Å². The van der Waals surface area contributed by atoms with Crippen LogP contribution in [0.1, 0.15) is 5.56 Å². The van der Waals surface area contributed by atoms with Gasteiger partial charge in [-0.2, -0.15) is 0 Å². The molecular formula is C13H9Br2F2NO2S. The van der Waals surface area contributed by atoms with E-state index in [2.05, 4.69) is 36.6 Å². The molecule has 0 fully saturated rings. The molecule has 0 heterocycles. The molecule has 2 aromatic carbocycles. The Balaban J connectivity index is 2.48. The van der Waals surface area contributed by atoms with Gasteiger partial charge in [-0.1, -0.05) is 15.9 Å². The van der Waals surface area contributed by atoms with Crippen LogP contribution in [0.25, 0.3) is 0 Å². The summed E-state index contributed by atoms with van der Waals surface area (Å²) in [6, 6.07) is 6.35. The van der Waals surface area contributed by atoms with E-state index in [1.807, 2.05) is 0 Å². The summed E-state index contributed by atoms with van der Waals surface area (Å²) in [5.41, 5.74) is 1.10. The van der Waals surface area contributed by atoms with E-state index in [1.165, 1.54) is 0 Å². The molecule has 0 bridgehead atoms. The van der Waals surface area contributed by atoms with Crippen LogP contribution in [-0.4, -0.2) is 8.42 Å². The number of halogens is 4. The molecule has 0 aliphatic rings. The smallest absolute Gasteiger partial charge is 0.265 e. The van der Waals surface area contributed by atoms with Crippen molar-refractivity contribution in [1.82, 2.24) is 0 Å². The Hall–Kier alpha value is -0.990. The van der Waals surface area contributed by atoms with Gasteiger partial charge in [0.15, 0.2) is 0 Å². The van der Waals surface area contributed by atoms with Crippen LogP contribution in [0.3, 0.4) is 0 Å². The molecule has 0 aromatic heterocycles. The van der Waals surface area contributed by atoms with Crippen molar-refractivity contribution in [3.63, 3.8) is 0 Å². The number of anilines is 1. The number of hydrogen-bond donors (Lipinski definition) is 1. The van der Waals surface area contributed by atoms with Crippen LogP contribution in [0.5, 0.6) is 0 Å². The summed E-state index contributed by atoms with van der Waals surface area (Å²) in [5, 5.41) is 0. The average Bonchev–Trinajstić information content (AvgIpc) is 2.23. The second kappa shape index (κ2) is 6.02. The third-order valence-corrected chi connectivity index (χ3v) is 5.33. The van der Waals surface area contributed by atoms with E-state index in [0.717, 1.165) is 11.6 Å². The largest absolute Gasteiger partial charge is 0.279 e. The van der Waals surface area contributed by atoms with E-state index in [4.69, 9.17) is 0 Å². The van der Waals surface area contributed by atoms with Crippen molar-refractivity contribution in [3.8, 4) is 0 Å². The molecule has 112 valence electrons. The molecule has 8 heteroatoms. The van der Waals surface area contributed by atoms with Crippen LogP contribution >= 0.6 is 31.9 Å². The number of nitrogens with one attached hydrogen (secondary N) is 1. The fourth-order valence-electron chi connectivity index (χ4n) is 1.79. The molecule has 21 heavy (non-hydrogen) atoms. The molecule has 0 amide bonds. The molecule has 0 saturated carbocycles. The standard InChI is InChI=1S/C13H9Br2F2NO2S/c1-7-2-8(14)4-10(3-7)18-21(19,20)13-11(15)5-9(16)6-12(13)17/h2-6,18H,1H3. The van der Waals surface area contributed by atoms with Crippen molar-refractivity contribution in [3.05, 3.63) is 56.5 Å². The fourth-order valence-corrected chi connectivity index (χ4v) is 4.60. The first-order valence-electron chi connectivity index (χ1n) is 5.63. The number of aryl methyl sites for hydroxylation is 1. The van der Waals surface area contributed by atoms with E-state index in [9.17, 15) is 17.2 Å². The zero-order chi connectivity index (χ0) is 15.8. The van der Waals surface area contributed by atoms with Crippen LogP contribution in [0, 0.1) is 18.6 Å². The van der Waals surface area contributed by atoms with Gasteiger partial charge in [0, 0.05) is 15.0 Å². The Morgan fingerprint density at radius 3 is 2.29 bits per heavy atom. The van der Waals surface area contributed by atoms with Crippen LogP contribution in [0.2, 0.25) is 0 Å². The summed E-state index contributed by atoms with van der Waals surface area (Å²) in [4.78, 5) is -0.637. The average molecular weight is 441 g/mol. The first-order valence-corrected chi connectivity index (χ1v) is 8.70. The quantitative estimate of drug-likeness (QED) is 0.758. The number of rotatable bonds is 3. The fraction of sp³-hybridized carbons (Fsp3) is 0.0769. The molecule has 0 radical (unpaired) electrons. The van der Waals surface area contributed by atoms with Gasteiger partial charge in [0.1, 0.15) is 16.5 Å². The monoisotopic (exact) mass is 439 g/mol. The maximum absolute atomic E-state index is 13.8. The Morgan fingerprint density at radius 1 is 1.05 bits per heavy atom. The molecule has 0 spiro atoms. The molecule has 0 atom stereocenters. The molecule has 2 aromatic rings. The first kappa shape index (κ1) is 16.4. The Morgan fingerprint density at radius 2 is 1.71 bits per heavy atom. The van der Waals surface area contributed by atoms with Crippen molar-refractivity contribution in [2.24, 2.45) is 0 Å². The van der Waals surface area contributed by atoms with Gasteiger partial charge in [-0.15, -0.1) is 0 Å². The predicted molar refractivity (Wildman–Crippen MR) is 83.7 cm³/mol. The Kier molecular flexibility index (Phi) is 4.69. The van der Waals surface area contributed by atoms with E-state index in [-0.39, 0.29) is 10.2 Å². The normalized spacial score (nSPS) is 11.5. The van der Waals surface area contributed by atoms with Crippen molar-refractivity contribution >= 4 is 47.6 Å². The summed E-state index contributed by atoms with van der Waals surface area (Å²) < 4.78 is 54.1. The molecule has 0 saturated heterocycles. The second-order valence-electron chi connectivity index (χ2n) is 4.32. The van der Waals surface area contributed by atoms with Crippen LogP contribution in [0.4, 0.5) is 14.5 Å². The van der Waals surface area contributed by atoms with E-state index in [0.29, 0.717) is 10.5 Å². The maximum atomic E-state index is 13.8. The molecule has 0 aliphatic heterocycles. The lowest BCUT2D eigenvalue weighted by molar-refractivity contribution is 0.548. The zero-order valence-electron chi connectivity index (χ0n) is 10.6. The first-order chi connectivity index (χ1) is 9.69. The zero-order valence-corrected chi connectivity index (χ0v) is 14.6. The van der Waals surface area contributed by atoms with Crippen LogP contribution in [-0.2, 0) is 10.0 Å². The van der Waals surface area contributed by atoms with E-state index >= 15 is 0 Å². The minimum Gasteiger partial charge on any atom is -0.279 e. The third-order valence-electron chi connectivity index (χ3n) is 2.53. The van der Waals surface area contributed by atoms with Gasteiger partial charge in [0.05, 0.1) is 5.69 Å². The number of hydrogen-bond acceptors (Lipinski definition) is 2. The summed E-state index contributed by atoms with van der Waals surface area (Å²) in [5.74, 6) is -2.03. The lowest BCUT2D eigenvalue weighted by Gasteiger charge is -2.11. The third kappa shape index (κ3) is 3.81. The predicted octanol–water partition coefficient (Wildman–Crippen LogP) is 4.60. The highest BCUT2D eigenvalue weighted by Gasteiger charge is 2.24. The van der Waals surface area contributed by atoms with Crippen LogP contribution in [0.15, 0.2) is 44.2 Å². The minimum atomic E-state index is -4.18. The van der Waals surface area contributed by atoms with E-state index in [1.54, 1.807) is 25.1 Å². The highest BCUT2D eigenvalue weighted by Crippen LogP contribution is 2.29. The van der Waals surface area contributed by atoms with Gasteiger partial charge in [-0.25, -0.2) is 17.2 Å². The number of sulfonamides is 1. The van der Waals surface area contributed by atoms with Crippen molar-refractivity contribution in [2.75, 3.05) is 4.72 Å². The van der Waals surface area contributed by atoms with Gasteiger partial charge in [-0.05, 0) is 52.7 Å². The molecule has 3 nitrogen and oxygen atoms in total. The molecule has 2 rings (SSSR count). The SMILES string of the molecule is Cc1cc(Br)cc(NS(=O)(=O)c2c(F)cc(F)cc2Br)c1. The lowest BCUT2D eigenvalue weighted by Crippen LogP contribution is -2.15. The topological polar surface area (TPSA) is 46.2 Å². The van der Waals surface area contributed by atoms with Gasteiger partial charge >= 0.3 is 0 Å².